The zero-order chi connectivity index (χ0) is 28.6. The van der Waals surface area contributed by atoms with Gasteiger partial charge in [0.2, 0.25) is 0 Å². The molecule has 3 rings (SSSR count). The number of rotatable bonds is 14. The number of aryl methyl sites for hydroxylation is 2. The van der Waals surface area contributed by atoms with Gasteiger partial charge in [-0.1, -0.05) is 122 Å². The van der Waals surface area contributed by atoms with Crippen molar-refractivity contribution >= 4 is 0 Å². The summed E-state index contributed by atoms with van der Waals surface area (Å²) in [7, 11) is 1.50. The SMILES string of the molecule is CC.CCCCCCCC.CCCc1cc(Cc2ccc(Cc3cc(CCC(C)C)on3)cc2)no1.CN. The summed E-state index contributed by atoms with van der Waals surface area (Å²) in [5.74, 6) is 2.64. The molecule has 1 aromatic carbocycles. The van der Waals surface area contributed by atoms with E-state index in [9.17, 15) is 0 Å². The fraction of sp³-hybridized carbons (Fsp3) is 0.636. The molecule has 0 saturated carbocycles. The third kappa shape index (κ3) is 16.4. The molecule has 0 spiro atoms. The van der Waals surface area contributed by atoms with Crippen LogP contribution in [0, 0.1) is 5.92 Å². The van der Waals surface area contributed by atoms with Crippen LogP contribution in [0.1, 0.15) is 134 Å². The molecule has 0 amide bonds. The first-order valence-corrected chi connectivity index (χ1v) is 15.1. The maximum absolute atomic E-state index is 5.44. The van der Waals surface area contributed by atoms with Gasteiger partial charge in [0.1, 0.15) is 11.5 Å². The number of hydrogen-bond acceptors (Lipinski definition) is 5. The predicted molar refractivity (Wildman–Crippen MR) is 163 cm³/mol. The molecule has 2 N–H and O–H groups in total. The van der Waals surface area contributed by atoms with Crippen molar-refractivity contribution < 1.29 is 9.05 Å². The molecule has 2 aromatic heterocycles. The van der Waals surface area contributed by atoms with Gasteiger partial charge in [-0.25, -0.2) is 0 Å². The Balaban J connectivity index is 0.000000970. The molecular weight excluding hydrogens is 470 g/mol. The van der Waals surface area contributed by atoms with Crippen LogP contribution >= 0.6 is 0 Å². The minimum Gasteiger partial charge on any atom is -0.361 e. The summed E-state index contributed by atoms with van der Waals surface area (Å²) in [5, 5.41) is 8.36. The molecule has 0 aliphatic rings. The molecule has 3 aromatic rings. The Bertz CT molecular complexity index is 891. The molecule has 0 unspecified atom stereocenters. The first kappa shape index (κ1) is 35.6. The van der Waals surface area contributed by atoms with Crippen LogP contribution in [0.15, 0.2) is 45.4 Å². The van der Waals surface area contributed by atoms with E-state index in [1.807, 2.05) is 13.8 Å². The molecule has 0 aliphatic carbocycles. The average molecular weight is 528 g/mol. The van der Waals surface area contributed by atoms with Crippen LogP contribution in [-0.2, 0) is 25.7 Å². The van der Waals surface area contributed by atoms with Crippen molar-refractivity contribution in [3.8, 4) is 0 Å². The van der Waals surface area contributed by atoms with Gasteiger partial charge in [-0.15, -0.1) is 0 Å². The van der Waals surface area contributed by atoms with Crippen molar-refractivity contribution in [1.82, 2.24) is 10.3 Å². The number of benzene rings is 1. The molecule has 0 saturated heterocycles. The quantitative estimate of drug-likeness (QED) is 0.211. The van der Waals surface area contributed by atoms with Gasteiger partial charge in [0, 0.05) is 37.8 Å². The van der Waals surface area contributed by atoms with Gasteiger partial charge in [-0.05, 0) is 36.9 Å². The number of aromatic nitrogens is 2. The zero-order valence-electron chi connectivity index (χ0n) is 25.8. The van der Waals surface area contributed by atoms with Crippen molar-refractivity contribution in [3.63, 3.8) is 0 Å². The summed E-state index contributed by atoms with van der Waals surface area (Å²) in [4.78, 5) is 0. The molecule has 0 bridgehead atoms. The van der Waals surface area contributed by atoms with Crippen LogP contribution in [-0.4, -0.2) is 17.4 Å². The highest BCUT2D eigenvalue weighted by molar-refractivity contribution is 5.28. The maximum atomic E-state index is 5.44. The topological polar surface area (TPSA) is 78.1 Å². The summed E-state index contributed by atoms with van der Waals surface area (Å²) >= 11 is 0. The molecule has 38 heavy (non-hydrogen) atoms. The summed E-state index contributed by atoms with van der Waals surface area (Å²) in [6.45, 7) is 15.1. The number of nitrogens with zero attached hydrogens (tertiary/aromatic N) is 2. The lowest BCUT2D eigenvalue weighted by atomic mass is 10.0. The smallest absolute Gasteiger partial charge is 0.137 e. The van der Waals surface area contributed by atoms with Crippen molar-refractivity contribution in [2.24, 2.45) is 11.7 Å². The van der Waals surface area contributed by atoms with E-state index >= 15 is 0 Å². The third-order valence-electron chi connectivity index (χ3n) is 5.93. The Morgan fingerprint density at radius 2 is 1.08 bits per heavy atom. The summed E-state index contributed by atoms with van der Waals surface area (Å²) in [5.41, 5.74) is 8.97. The minimum absolute atomic E-state index is 0.680. The Hall–Kier alpha value is -2.40. The normalized spacial score (nSPS) is 10.2. The third-order valence-corrected chi connectivity index (χ3v) is 5.93. The van der Waals surface area contributed by atoms with E-state index in [0.717, 1.165) is 61.4 Å². The lowest BCUT2D eigenvalue weighted by molar-refractivity contribution is 0.369. The van der Waals surface area contributed by atoms with E-state index in [4.69, 9.17) is 9.05 Å². The highest BCUT2D eigenvalue weighted by Crippen LogP contribution is 2.16. The molecule has 5 nitrogen and oxygen atoms in total. The first-order chi connectivity index (χ1) is 18.5. The van der Waals surface area contributed by atoms with Gasteiger partial charge in [-0.2, -0.15) is 0 Å². The monoisotopic (exact) mass is 527 g/mol. The van der Waals surface area contributed by atoms with Crippen LogP contribution in [0.5, 0.6) is 0 Å². The van der Waals surface area contributed by atoms with Crippen molar-refractivity contribution in [2.75, 3.05) is 7.05 Å². The molecule has 216 valence electrons. The molecule has 2 heterocycles. The van der Waals surface area contributed by atoms with E-state index in [2.05, 4.69) is 87.1 Å². The highest BCUT2D eigenvalue weighted by Gasteiger charge is 2.08. The standard InChI is InChI=1S/C22H28N2O2.C8H18.C2H6.CH5N/c1-4-5-21-14-19(23-25-21)12-17-7-9-18(10-8-17)13-20-15-22(26-24-20)11-6-16(2)3;1-3-5-7-8-6-4-2;2*1-2/h7-10,14-16H,4-6,11-13H2,1-3H3;3-8H2,1-2H3;1-2H3;2H2,1H3. The Kier molecular flexibility index (Phi) is 22.2. The first-order valence-electron chi connectivity index (χ1n) is 15.1. The second-order valence-corrected chi connectivity index (χ2v) is 9.84. The Morgan fingerprint density at radius 1 is 0.658 bits per heavy atom. The van der Waals surface area contributed by atoms with E-state index < -0.39 is 0 Å². The van der Waals surface area contributed by atoms with Crippen molar-refractivity contribution in [1.29, 1.82) is 0 Å². The summed E-state index contributed by atoms with van der Waals surface area (Å²) < 4.78 is 10.8. The van der Waals surface area contributed by atoms with E-state index in [0.29, 0.717) is 5.92 Å². The molecule has 0 aliphatic heterocycles. The number of nitrogens with two attached hydrogens (primary N) is 1. The Labute approximate surface area is 233 Å². The second kappa shape index (κ2) is 23.7. The van der Waals surface area contributed by atoms with Crippen LogP contribution in [0.2, 0.25) is 0 Å². The molecule has 0 fully saturated rings. The predicted octanol–water partition coefficient (Wildman–Crippen LogP) is 9.35. The molecule has 5 heteroatoms. The van der Waals surface area contributed by atoms with Crippen molar-refractivity contribution in [3.05, 3.63) is 70.4 Å². The second-order valence-electron chi connectivity index (χ2n) is 9.84. The van der Waals surface area contributed by atoms with Gasteiger partial charge < -0.3 is 14.8 Å². The minimum atomic E-state index is 0.680. The average Bonchev–Trinajstić information content (AvgIpc) is 3.59. The van der Waals surface area contributed by atoms with Crippen molar-refractivity contribution in [2.45, 2.75) is 126 Å². The zero-order valence-corrected chi connectivity index (χ0v) is 25.8. The van der Waals surface area contributed by atoms with Gasteiger partial charge in [-0.3, -0.25) is 0 Å². The van der Waals surface area contributed by atoms with Gasteiger partial charge in [0.25, 0.3) is 0 Å². The maximum Gasteiger partial charge on any atom is 0.137 e. The summed E-state index contributed by atoms with van der Waals surface area (Å²) in [6, 6.07) is 12.8. The fourth-order valence-electron chi connectivity index (χ4n) is 3.84. The van der Waals surface area contributed by atoms with E-state index in [1.165, 1.54) is 56.7 Å². The van der Waals surface area contributed by atoms with Crippen LogP contribution in [0.3, 0.4) is 0 Å². The number of hydrogen-bond donors (Lipinski definition) is 1. The van der Waals surface area contributed by atoms with E-state index in [-0.39, 0.29) is 0 Å². The van der Waals surface area contributed by atoms with Crippen LogP contribution in [0.25, 0.3) is 0 Å². The van der Waals surface area contributed by atoms with E-state index in [1.54, 1.807) is 0 Å². The van der Waals surface area contributed by atoms with Gasteiger partial charge >= 0.3 is 0 Å². The fourth-order valence-corrected chi connectivity index (χ4v) is 3.84. The Morgan fingerprint density at radius 3 is 1.45 bits per heavy atom. The lowest BCUT2D eigenvalue weighted by Crippen LogP contribution is -1.92. The van der Waals surface area contributed by atoms with Crippen LogP contribution < -0.4 is 5.73 Å². The molecular formula is C33H57N3O2. The van der Waals surface area contributed by atoms with Gasteiger partial charge in [0.05, 0.1) is 11.4 Å². The van der Waals surface area contributed by atoms with Gasteiger partial charge in [0.15, 0.2) is 0 Å². The largest absolute Gasteiger partial charge is 0.361 e. The lowest BCUT2D eigenvalue weighted by Gasteiger charge is -2.01. The number of unbranched alkanes of at least 4 members (excludes halogenated alkanes) is 5. The molecule has 0 radical (unpaired) electrons. The summed E-state index contributed by atoms with van der Waals surface area (Å²) in [6.07, 6.45) is 14.2. The van der Waals surface area contributed by atoms with Crippen LogP contribution in [0.4, 0.5) is 0 Å². The molecule has 0 atom stereocenters. The highest BCUT2D eigenvalue weighted by atomic mass is 16.5.